The molecule has 3 rings (SSSR count). The van der Waals surface area contributed by atoms with Crippen LogP contribution in [0.5, 0.6) is 23.0 Å². The van der Waals surface area contributed by atoms with Crippen molar-refractivity contribution in [2.45, 2.75) is 40.5 Å². The number of hydrogen-bond acceptors (Lipinski definition) is 8. The number of aryl methyl sites for hydroxylation is 1. The molecule has 0 unspecified atom stereocenters. The Balaban J connectivity index is 1.67. The van der Waals surface area contributed by atoms with Gasteiger partial charge in [-0.1, -0.05) is 37.4 Å². The molecule has 42 heavy (non-hydrogen) atoms. The van der Waals surface area contributed by atoms with E-state index >= 15 is 0 Å². The van der Waals surface area contributed by atoms with Gasteiger partial charge in [-0.15, -0.1) is 0 Å². The summed E-state index contributed by atoms with van der Waals surface area (Å²) in [5.41, 5.74) is 1.13. The molecule has 3 aromatic rings. The molecular formula is C33H31FO8. The average molecular weight is 575 g/mol. The van der Waals surface area contributed by atoms with Crippen LogP contribution in [0.1, 0.15) is 39.7 Å². The van der Waals surface area contributed by atoms with Gasteiger partial charge in [0.05, 0.1) is 5.41 Å². The highest BCUT2D eigenvalue weighted by Gasteiger charge is 2.25. The Bertz CT molecular complexity index is 1530. The van der Waals surface area contributed by atoms with Gasteiger partial charge in [-0.05, 0) is 87.2 Å². The van der Waals surface area contributed by atoms with Crippen molar-refractivity contribution in [3.63, 3.8) is 0 Å². The van der Waals surface area contributed by atoms with Crippen molar-refractivity contribution in [1.29, 1.82) is 0 Å². The predicted molar refractivity (Wildman–Crippen MR) is 154 cm³/mol. The molecule has 0 aromatic heterocycles. The van der Waals surface area contributed by atoms with Crippen LogP contribution in [0.15, 0.2) is 85.5 Å². The lowest BCUT2D eigenvalue weighted by molar-refractivity contribution is -0.143. The number of ether oxygens (including phenoxy) is 4. The average Bonchev–Trinajstić information content (AvgIpc) is 2.93. The summed E-state index contributed by atoms with van der Waals surface area (Å²) in [6.07, 6.45) is 1.11. The SMILES string of the molecule is C=CC(=O)Oc1ccc(-c2ccc(OC(=O)CCc3ccc(OC(=O)C(C)(C)C)c(OC(=O)C(=C)C)c3)c(F)c2)cc1. The third-order valence-electron chi connectivity index (χ3n) is 5.72. The molecule has 0 heterocycles. The first kappa shape index (κ1) is 31.5. The van der Waals surface area contributed by atoms with Crippen molar-refractivity contribution in [1.82, 2.24) is 0 Å². The van der Waals surface area contributed by atoms with Crippen LogP contribution in [0, 0.1) is 11.2 Å². The topological polar surface area (TPSA) is 105 Å². The highest BCUT2D eigenvalue weighted by atomic mass is 19.1. The molecule has 0 N–H and O–H groups in total. The van der Waals surface area contributed by atoms with Crippen LogP contribution in [-0.2, 0) is 25.6 Å². The second-order valence-corrected chi connectivity index (χ2v) is 10.4. The summed E-state index contributed by atoms with van der Waals surface area (Å²) >= 11 is 0. The fraction of sp³-hybridized carbons (Fsp3) is 0.212. The number of halogens is 1. The van der Waals surface area contributed by atoms with Gasteiger partial charge in [0.1, 0.15) is 5.75 Å². The summed E-state index contributed by atoms with van der Waals surface area (Å²) < 4.78 is 35.8. The largest absolute Gasteiger partial charge is 0.423 e. The van der Waals surface area contributed by atoms with Crippen molar-refractivity contribution < 1.29 is 42.5 Å². The molecule has 0 saturated heterocycles. The lowest BCUT2D eigenvalue weighted by Crippen LogP contribution is -2.26. The standard InChI is InChI=1S/C33H31FO8/c1-7-29(35)39-24-13-10-22(11-14-24)23-12-16-26(25(34)19-23)40-30(36)17-9-21-8-15-27(42-32(38)33(4,5)6)28(18-21)41-31(37)20(2)3/h7-8,10-16,18-19H,1-2,9,17H2,3-6H3. The van der Waals surface area contributed by atoms with Crippen molar-refractivity contribution in [2.75, 3.05) is 0 Å². The summed E-state index contributed by atoms with van der Waals surface area (Å²) in [4.78, 5) is 48.4. The summed E-state index contributed by atoms with van der Waals surface area (Å²) in [5.74, 6) is -3.11. The molecule has 0 aliphatic carbocycles. The molecule has 0 saturated carbocycles. The smallest absolute Gasteiger partial charge is 0.338 e. The molecule has 0 amide bonds. The Morgan fingerprint density at radius 2 is 1.45 bits per heavy atom. The molecule has 0 atom stereocenters. The number of carbonyl (C=O) groups is 4. The van der Waals surface area contributed by atoms with E-state index in [4.69, 9.17) is 18.9 Å². The minimum Gasteiger partial charge on any atom is -0.423 e. The quantitative estimate of drug-likeness (QED) is 0.152. The van der Waals surface area contributed by atoms with Gasteiger partial charge in [-0.3, -0.25) is 9.59 Å². The van der Waals surface area contributed by atoms with Gasteiger partial charge in [-0.2, -0.15) is 0 Å². The normalized spacial score (nSPS) is 10.8. The third kappa shape index (κ3) is 8.72. The van der Waals surface area contributed by atoms with E-state index in [0.717, 1.165) is 6.08 Å². The van der Waals surface area contributed by atoms with Gasteiger partial charge in [0.25, 0.3) is 0 Å². The Kier molecular flexibility index (Phi) is 10.1. The molecule has 0 aliphatic rings. The highest BCUT2D eigenvalue weighted by Crippen LogP contribution is 2.32. The maximum atomic E-state index is 14.8. The van der Waals surface area contributed by atoms with Gasteiger partial charge in [0, 0.05) is 18.1 Å². The van der Waals surface area contributed by atoms with Crippen LogP contribution >= 0.6 is 0 Å². The lowest BCUT2D eigenvalue weighted by Gasteiger charge is -2.18. The van der Waals surface area contributed by atoms with Gasteiger partial charge < -0.3 is 18.9 Å². The van der Waals surface area contributed by atoms with E-state index < -0.39 is 35.1 Å². The van der Waals surface area contributed by atoms with Crippen LogP contribution in [0.25, 0.3) is 11.1 Å². The molecule has 0 radical (unpaired) electrons. The molecule has 0 bridgehead atoms. The zero-order valence-electron chi connectivity index (χ0n) is 23.8. The van der Waals surface area contributed by atoms with E-state index in [0.29, 0.717) is 22.4 Å². The summed E-state index contributed by atoms with van der Waals surface area (Å²) in [6.45, 7) is 13.4. The first-order chi connectivity index (χ1) is 19.8. The Morgan fingerprint density at radius 3 is 2.05 bits per heavy atom. The van der Waals surface area contributed by atoms with E-state index in [1.165, 1.54) is 31.2 Å². The highest BCUT2D eigenvalue weighted by molar-refractivity contribution is 5.89. The number of benzene rings is 3. The van der Waals surface area contributed by atoms with E-state index in [2.05, 4.69) is 13.2 Å². The molecule has 8 nitrogen and oxygen atoms in total. The molecule has 0 spiro atoms. The fourth-order valence-corrected chi connectivity index (χ4v) is 3.37. The third-order valence-corrected chi connectivity index (χ3v) is 5.72. The van der Waals surface area contributed by atoms with Gasteiger partial charge >= 0.3 is 23.9 Å². The van der Waals surface area contributed by atoms with E-state index in [1.54, 1.807) is 57.2 Å². The van der Waals surface area contributed by atoms with Gasteiger partial charge in [0.15, 0.2) is 23.1 Å². The first-order valence-corrected chi connectivity index (χ1v) is 12.9. The number of hydrogen-bond donors (Lipinski definition) is 0. The van der Waals surface area contributed by atoms with Crippen LogP contribution in [0.3, 0.4) is 0 Å². The van der Waals surface area contributed by atoms with Crippen molar-refractivity contribution in [2.24, 2.45) is 5.41 Å². The second-order valence-electron chi connectivity index (χ2n) is 10.4. The maximum Gasteiger partial charge on any atom is 0.338 e. The maximum absolute atomic E-state index is 14.8. The number of esters is 4. The van der Waals surface area contributed by atoms with Crippen LogP contribution < -0.4 is 18.9 Å². The van der Waals surface area contributed by atoms with E-state index in [1.807, 2.05) is 0 Å². The van der Waals surface area contributed by atoms with Crippen molar-refractivity contribution >= 4 is 23.9 Å². The van der Waals surface area contributed by atoms with E-state index in [9.17, 15) is 23.6 Å². The zero-order valence-corrected chi connectivity index (χ0v) is 23.8. The zero-order chi connectivity index (χ0) is 31.0. The van der Waals surface area contributed by atoms with E-state index in [-0.39, 0.29) is 35.7 Å². The molecule has 218 valence electrons. The predicted octanol–water partition coefficient (Wildman–Crippen LogP) is 6.56. The monoisotopic (exact) mass is 574 g/mol. The van der Waals surface area contributed by atoms with Crippen LogP contribution in [0.4, 0.5) is 4.39 Å². The Hall–Kier alpha value is -5.05. The van der Waals surface area contributed by atoms with Gasteiger partial charge in [-0.25, -0.2) is 14.0 Å². The molecule has 9 heteroatoms. The number of rotatable bonds is 10. The van der Waals surface area contributed by atoms with Crippen LogP contribution in [0.2, 0.25) is 0 Å². The molecule has 0 aliphatic heterocycles. The summed E-state index contributed by atoms with van der Waals surface area (Å²) in [7, 11) is 0. The minimum atomic E-state index is -0.794. The first-order valence-electron chi connectivity index (χ1n) is 12.9. The number of carbonyl (C=O) groups excluding carboxylic acids is 4. The Morgan fingerprint density at radius 1 is 0.810 bits per heavy atom. The van der Waals surface area contributed by atoms with Crippen molar-refractivity contribution in [3.05, 3.63) is 96.9 Å². The summed E-state index contributed by atoms with van der Waals surface area (Å²) in [5, 5.41) is 0. The van der Waals surface area contributed by atoms with Crippen LogP contribution in [-0.4, -0.2) is 23.9 Å². The second kappa shape index (κ2) is 13.5. The molecular weight excluding hydrogens is 543 g/mol. The lowest BCUT2D eigenvalue weighted by atomic mass is 9.97. The minimum absolute atomic E-state index is 0.000000337. The molecule has 0 fully saturated rings. The Labute approximate surface area is 243 Å². The fourth-order valence-electron chi connectivity index (χ4n) is 3.37. The molecule has 3 aromatic carbocycles. The van der Waals surface area contributed by atoms with Gasteiger partial charge in [0.2, 0.25) is 0 Å². The van der Waals surface area contributed by atoms with Crippen molar-refractivity contribution in [3.8, 4) is 34.1 Å². The summed E-state index contributed by atoms with van der Waals surface area (Å²) in [6, 6.07) is 15.2.